The molecule has 1 amide bonds. The van der Waals surface area contributed by atoms with Crippen molar-refractivity contribution in [1.29, 1.82) is 0 Å². The first-order chi connectivity index (χ1) is 26.8. The number of alkyl halides is 9. The molecule has 1 aliphatic rings. The topological polar surface area (TPSA) is 121 Å². The molecule has 3 heterocycles. The molecule has 0 spiro atoms. The van der Waals surface area contributed by atoms with Crippen LogP contribution in [0.25, 0.3) is 11.4 Å². The van der Waals surface area contributed by atoms with Crippen LogP contribution in [0.15, 0.2) is 48.8 Å². The van der Waals surface area contributed by atoms with Crippen LogP contribution in [0.5, 0.6) is 5.75 Å². The van der Waals surface area contributed by atoms with Gasteiger partial charge in [0.1, 0.15) is 16.9 Å². The molecule has 21 heteroatoms. The molecule has 2 atom stereocenters. The quantitative estimate of drug-likeness (QED) is 0.0602. The number of hydrogen-bond donors (Lipinski definition) is 1. The highest BCUT2D eigenvalue weighted by Gasteiger charge is 2.40. The monoisotopic (exact) mass is 928 g/mol. The van der Waals surface area contributed by atoms with Crippen molar-refractivity contribution in [2.75, 3.05) is 50.9 Å². The van der Waals surface area contributed by atoms with Crippen molar-refractivity contribution in [3.8, 4) is 17.1 Å². The van der Waals surface area contributed by atoms with Crippen molar-refractivity contribution < 1.29 is 63.3 Å². The summed E-state index contributed by atoms with van der Waals surface area (Å²) in [5.74, 6) is -0.0369. The average Bonchev–Trinajstić information content (AvgIpc) is 3.13. The van der Waals surface area contributed by atoms with Gasteiger partial charge in [0.05, 0.1) is 65.3 Å². The van der Waals surface area contributed by atoms with Crippen molar-refractivity contribution in [2.45, 2.75) is 56.8 Å². The molecule has 1 N–H and O–H groups in total. The number of nitrogens with zero attached hydrogens (tertiary/aromatic N) is 5. The first-order valence-electron chi connectivity index (χ1n) is 17.1. The van der Waals surface area contributed by atoms with Gasteiger partial charge >= 0.3 is 24.6 Å². The van der Waals surface area contributed by atoms with Gasteiger partial charge in [0.15, 0.2) is 11.6 Å². The van der Waals surface area contributed by atoms with Crippen molar-refractivity contribution in [3.63, 3.8) is 0 Å². The number of methoxy groups -OCH3 is 2. The Morgan fingerprint density at radius 3 is 2.04 bits per heavy atom. The maximum absolute atomic E-state index is 14.0. The van der Waals surface area contributed by atoms with E-state index in [1.54, 1.807) is 29.5 Å². The smallest absolute Gasteiger partial charge is 0.416 e. The van der Waals surface area contributed by atoms with E-state index in [0.717, 1.165) is 18.2 Å². The van der Waals surface area contributed by atoms with Gasteiger partial charge in [-0.15, -0.1) is 0 Å². The van der Waals surface area contributed by atoms with E-state index in [1.165, 1.54) is 31.5 Å². The zero-order valence-electron chi connectivity index (χ0n) is 30.3. The number of benzene rings is 2. The number of rotatable bonds is 13. The molecule has 2 aromatic carbocycles. The predicted octanol–water partition coefficient (Wildman–Crippen LogP) is 9.14. The molecule has 2 aromatic heterocycles. The van der Waals surface area contributed by atoms with E-state index >= 15 is 0 Å². The number of aromatic nitrogens is 4. The molecule has 0 saturated carbocycles. The molecule has 0 unspecified atom stereocenters. The van der Waals surface area contributed by atoms with Gasteiger partial charge < -0.3 is 24.3 Å². The van der Waals surface area contributed by atoms with E-state index < -0.39 is 65.4 Å². The Morgan fingerprint density at radius 2 is 1.46 bits per heavy atom. The lowest BCUT2D eigenvalue weighted by Gasteiger charge is -2.40. The Hall–Kier alpha value is -4.51. The molecule has 0 aliphatic carbocycles. The summed E-state index contributed by atoms with van der Waals surface area (Å²) < 4.78 is 146. The summed E-state index contributed by atoms with van der Waals surface area (Å²) >= 11 is 1.78. The number of amides is 1. The van der Waals surface area contributed by atoms with Gasteiger partial charge in [-0.2, -0.15) is 39.5 Å². The molecule has 0 radical (unpaired) electrons. The first kappa shape index (κ1) is 43.6. The fourth-order valence-corrected chi connectivity index (χ4v) is 6.85. The minimum atomic E-state index is -5.13. The zero-order chi connectivity index (χ0) is 41.7. The molecular formula is C36H34F9IN6O5. The van der Waals surface area contributed by atoms with E-state index in [2.05, 4.69) is 25.3 Å². The fraction of sp³-hybridized carbons (Fsp3) is 0.417. The third-order valence-electron chi connectivity index (χ3n) is 8.71. The van der Waals surface area contributed by atoms with Crippen molar-refractivity contribution in [3.05, 3.63) is 86.0 Å². The van der Waals surface area contributed by atoms with Gasteiger partial charge in [0.25, 0.3) is 0 Å². The Kier molecular flexibility index (Phi) is 13.7. The third kappa shape index (κ3) is 10.7. The number of nitrogens with one attached hydrogen (secondary N) is 1. The molecule has 0 fully saturated rings. The normalized spacial score (nSPS) is 16.0. The van der Waals surface area contributed by atoms with Crippen molar-refractivity contribution in [1.82, 2.24) is 19.9 Å². The van der Waals surface area contributed by atoms with Crippen LogP contribution in [-0.2, 0) is 39.2 Å². The third-order valence-corrected chi connectivity index (χ3v) is 9.49. The van der Waals surface area contributed by atoms with Gasteiger partial charge in [0, 0.05) is 26.7 Å². The summed E-state index contributed by atoms with van der Waals surface area (Å²) in [5.41, 5.74) is -4.41. The Bertz CT molecular complexity index is 2000. The van der Waals surface area contributed by atoms with Crippen LogP contribution < -0.4 is 15.0 Å². The molecule has 308 valence electrons. The SMILES string of the molecule is CC[C@@H]1C[C@H](Nc2nc(I)c(-c3ncc(OCCOC)cn3)c(Cc3cc(C(F)(F)F)cc(C(F)(F)F)c3)n2)c2cc(C(F)(F)F)ccc2N1C(=O)OCCOC. The average molecular weight is 929 g/mol. The highest BCUT2D eigenvalue weighted by Crippen LogP contribution is 2.44. The fourth-order valence-electron chi connectivity index (χ4n) is 6.07. The van der Waals surface area contributed by atoms with Gasteiger partial charge in [-0.05, 0) is 83.0 Å². The Balaban J connectivity index is 1.62. The van der Waals surface area contributed by atoms with Gasteiger partial charge in [0.2, 0.25) is 5.95 Å². The number of fused-ring (bicyclic) bond motifs is 1. The van der Waals surface area contributed by atoms with Gasteiger partial charge in [-0.1, -0.05) is 6.92 Å². The van der Waals surface area contributed by atoms with Gasteiger partial charge in [-0.3, -0.25) is 4.90 Å². The van der Waals surface area contributed by atoms with Crippen molar-refractivity contribution >= 4 is 40.3 Å². The zero-order valence-corrected chi connectivity index (χ0v) is 32.4. The largest absolute Gasteiger partial charge is 0.488 e. The maximum atomic E-state index is 14.0. The number of ether oxygens (including phenoxy) is 4. The second-order valence-corrected chi connectivity index (χ2v) is 13.6. The molecule has 1 aliphatic heterocycles. The summed E-state index contributed by atoms with van der Waals surface area (Å²) in [4.78, 5) is 32.1. The van der Waals surface area contributed by atoms with Crippen LogP contribution in [-0.4, -0.2) is 72.7 Å². The van der Waals surface area contributed by atoms with E-state index in [0.29, 0.717) is 18.6 Å². The Labute approximate surface area is 333 Å². The summed E-state index contributed by atoms with van der Waals surface area (Å²) in [7, 11) is 2.87. The Morgan fingerprint density at radius 1 is 0.842 bits per heavy atom. The summed E-state index contributed by atoms with van der Waals surface area (Å²) in [5, 5.41) is 3.02. The van der Waals surface area contributed by atoms with Crippen LogP contribution in [0.3, 0.4) is 0 Å². The molecule has 0 bridgehead atoms. The van der Waals surface area contributed by atoms with Gasteiger partial charge in [-0.25, -0.2) is 24.7 Å². The van der Waals surface area contributed by atoms with E-state index in [1.807, 2.05) is 0 Å². The second-order valence-electron chi connectivity index (χ2n) is 12.6. The summed E-state index contributed by atoms with van der Waals surface area (Å²) in [6.45, 7) is 2.12. The maximum Gasteiger partial charge on any atom is 0.416 e. The highest BCUT2D eigenvalue weighted by molar-refractivity contribution is 14.1. The number of carbonyl (C=O) groups is 1. The van der Waals surface area contributed by atoms with E-state index in [4.69, 9.17) is 18.9 Å². The number of carbonyl (C=O) groups excluding carboxylic acids is 1. The van der Waals surface area contributed by atoms with Crippen LogP contribution in [0, 0.1) is 3.70 Å². The molecule has 0 saturated heterocycles. The van der Waals surface area contributed by atoms with Crippen molar-refractivity contribution in [2.24, 2.45) is 0 Å². The minimum absolute atomic E-state index is 0.00306. The molecule has 4 aromatic rings. The first-order valence-corrected chi connectivity index (χ1v) is 18.1. The van der Waals surface area contributed by atoms with Crippen LogP contribution in [0.2, 0.25) is 0 Å². The molecule has 5 rings (SSSR count). The lowest BCUT2D eigenvalue weighted by molar-refractivity contribution is -0.143. The standard InChI is InChI=1S/C36H34F9IN6O5/c1-4-23-16-26(25-15-20(34(37,38)39)5-6-28(25)52(23)33(53)57-10-8-55-3)49-32-50-27(13-19-11-21(35(40,41)42)14-22(12-19)36(43,44)45)29(30(46)51-32)31-47-17-24(18-48-31)56-9-7-54-2/h5-6,11-12,14-15,17-18,23,26H,4,7-10,13,16H2,1-3H3,(H,49,50,51)/t23-,26+/m1/s1. The molecular weight excluding hydrogens is 894 g/mol. The summed E-state index contributed by atoms with van der Waals surface area (Å²) in [6.07, 6.45) is -13.5. The molecule has 11 nitrogen and oxygen atoms in total. The number of anilines is 2. The minimum Gasteiger partial charge on any atom is -0.488 e. The van der Waals surface area contributed by atoms with Crippen LogP contribution >= 0.6 is 22.6 Å². The predicted molar refractivity (Wildman–Crippen MR) is 195 cm³/mol. The van der Waals surface area contributed by atoms with Crippen LogP contribution in [0.1, 0.15) is 59.3 Å². The summed E-state index contributed by atoms with van der Waals surface area (Å²) in [6, 6.07) is 2.40. The highest BCUT2D eigenvalue weighted by atomic mass is 127. The van der Waals surface area contributed by atoms with E-state index in [-0.39, 0.29) is 82.6 Å². The number of hydrogen-bond acceptors (Lipinski definition) is 10. The van der Waals surface area contributed by atoms with Crippen LogP contribution in [0.4, 0.5) is 55.9 Å². The number of halogens is 10. The second kappa shape index (κ2) is 18.0. The van der Waals surface area contributed by atoms with E-state index in [9.17, 15) is 44.3 Å². The lowest BCUT2D eigenvalue weighted by Crippen LogP contribution is -2.46. The lowest BCUT2D eigenvalue weighted by atomic mass is 9.89. The molecule has 57 heavy (non-hydrogen) atoms.